The van der Waals surface area contributed by atoms with E-state index in [1.165, 1.54) is 19.1 Å². The fourth-order valence-corrected chi connectivity index (χ4v) is 5.48. The van der Waals surface area contributed by atoms with Gasteiger partial charge < -0.3 is 31.3 Å². The van der Waals surface area contributed by atoms with Gasteiger partial charge in [0.2, 0.25) is 23.6 Å². The Morgan fingerprint density at radius 3 is 2.22 bits per heavy atom. The van der Waals surface area contributed by atoms with Crippen LogP contribution < -0.4 is 26.6 Å². The zero-order valence-electron chi connectivity index (χ0n) is 29.7. The molecule has 1 aliphatic heterocycles. The number of rotatable bonds is 17. The lowest BCUT2D eigenvalue weighted by atomic mass is 9.96. The van der Waals surface area contributed by atoms with Crippen molar-refractivity contribution in [3.8, 4) is 11.3 Å². The molecule has 5 atom stereocenters. The van der Waals surface area contributed by atoms with Gasteiger partial charge in [-0.25, -0.2) is 4.79 Å². The lowest BCUT2D eigenvalue weighted by Crippen LogP contribution is -2.58. The van der Waals surface area contributed by atoms with E-state index in [-0.39, 0.29) is 36.7 Å². The number of nitrogens with one attached hydrogen (secondary N) is 5. The van der Waals surface area contributed by atoms with Crippen LogP contribution in [0.4, 0.5) is 0 Å². The Kier molecular flexibility index (Phi) is 15.1. The fraction of sp³-hybridized carbons (Fsp3) is 0.486. The van der Waals surface area contributed by atoms with E-state index < -0.39 is 53.8 Å². The monoisotopic (exact) mass is 690 g/mol. The number of aromatic nitrogens is 1. The second-order valence-corrected chi connectivity index (χ2v) is 13.1. The number of hydrogen-bond donors (Lipinski definition) is 5. The fourth-order valence-electron chi connectivity index (χ4n) is 5.48. The summed E-state index contributed by atoms with van der Waals surface area (Å²) in [6, 6.07) is 8.76. The van der Waals surface area contributed by atoms with Gasteiger partial charge in [-0.2, -0.15) is 0 Å². The van der Waals surface area contributed by atoms with Gasteiger partial charge in [-0.3, -0.25) is 29.0 Å². The second kappa shape index (κ2) is 19.2. The van der Waals surface area contributed by atoms with Gasteiger partial charge in [0.15, 0.2) is 0 Å². The zero-order valence-corrected chi connectivity index (χ0v) is 29.7. The Balaban J connectivity index is 1.66. The van der Waals surface area contributed by atoms with Crippen LogP contribution in [-0.2, 0) is 28.7 Å². The molecule has 0 bridgehead atoms. The molecular weight excluding hydrogens is 640 g/mol. The van der Waals surface area contributed by atoms with Gasteiger partial charge in [-0.1, -0.05) is 52.0 Å². The highest BCUT2D eigenvalue weighted by molar-refractivity contribution is 5.99. The molecule has 13 nitrogen and oxygen atoms in total. The summed E-state index contributed by atoms with van der Waals surface area (Å²) in [6.07, 6.45) is 5.55. The van der Waals surface area contributed by atoms with Crippen molar-refractivity contribution < 1.29 is 33.5 Å². The first kappa shape index (κ1) is 39.4. The van der Waals surface area contributed by atoms with Crippen LogP contribution in [0.25, 0.3) is 11.3 Å². The average molecular weight is 691 g/mol. The van der Waals surface area contributed by atoms with Crippen molar-refractivity contribution in [2.45, 2.75) is 85.0 Å². The third kappa shape index (κ3) is 12.1. The highest BCUT2D eigenvalue weighted by Crippen LogP contribution is 2.19. The van der Waals surface area contributed by atoms with Crippen molar-refractivity contribution in [3.63, 3.8) is 0 Å². The molecular formula is C37H50N6O7. The van der Waals surface area contributed by atoms with E-state index in [0.717, 1.165) is 11.3 Å². The quantitative estimate of drug-likeness (QED) is 0.124. The summed E-state index contributed by atoms with van der Waals surface area (Å²) in [4.78, 5) is 81.9. The molecule has 5 amide bonds. The number of benzene rings is 1. The highest BCUT2D eigenvalue weighted by Gasteiger charge is 2.32. The number of carbonyl (C=O) groups excluding carboxylic acids is 6. The van der Waals surface area contributed by atoms with Crippen molar-refractivity contribution in [1.82, 2.24) is 31.6 Å². The summed E-state index contributed by atoms with van der Waals surface area (Å²) >= 11 is 0. The number of carbonyl (C=O) groups is 6. The Bertz CT molecular complexity index is 1510. The molecule has 13 heteroatoms. The number of nitrogens with zero attached hydrogens (tertiary/aromatic N) is 1. The van der Waals surface area contributed by atoms with Crippen LogP contribution in [0, 0.1) is 17.8 Å². The summed E-state index contributed by atoms with van der Waals surface area (Å²) in [5, 5.41) is 13.9. The smallest absolute Gasteiger partial charge is 0.330 e. The molecule has 1 aromatic carbocycles. The standard InChI is InChI=1S/C37H50N6O7/c1-7-50-31(44)16-15-28(21-27-17-19-39-34(27)46)41-36(48)30(20-22(2)3)42-37(49)32(23(4)5)43-33(45)24(6)40-35(47)26-13-11-25(12-14-26)29-10-8-9-18-38-29/h8-16,18,22-24,27-28,30,32H,7,17,19-21H2,1-6H3,(H,39,46)(H,40,47)(H,41,48)(H,42,49)(H,43,45)/b16-15+/t24-,27-,28?,30-,32-/m0/s1. The van der Waals surface area contributed by atoms with Gasteiger partial charge in [0.1, 0.15) is 18.1 Å². The number of ether oxygens (including phenoxy) is 1. The van der Waals surface area contributed by atoms with E-state index in [1.54, 1.807) is 51.2 Å². The molecule has 1 aliphatic rings. The maximum atomic E-state index is 13.6. The molecule has 1 fully saturated rings. The van der Waals surface area contributed by atoms with Crippen LogP contribution in [0.2, 0.25) is 0 Å². The first-order valence-corrected chi connectivity index (χ1v) is 17.1. The molecule has 270 valence electrons. The molecule has 0 radical (unpaired) electrons. The Labute approximate surface area is 293 Å². The summed E-state index contributed by atoms with van der Waals surface area (Å²) in [6.45, 7) is 11.3. The molecule has 2 aromatic rings. The third-order valence-electron chi connectivity index (χ3n) is 8.22. The Morgan fingerprint density at radius 2 is 1.64 bits per heavy atom. The molecule has 1 saturated heterocycles. The molecule has 0 aliphatic carbocycles. The van der Waals surface area contributed by atoms with E-state index in [0.29, 0.717) is 24.9 Å². The minimum Gasteiger partial charge on any atom is -0.463 e. The molecule has 3 rings (SSSR count). The molecule has 1 aromatic heterocycles. The topological polar surface area (TPSA) is 185 Å². The van der Waals surface area contributed by atoms with Crippen LogP contribution in [0.3, 0.4) is 0 Å². The maximum absolute atomic E-state index is 13.6. The third-order valence-corrected chi connectivity index (χ3v) is 8.22. The number of amides is 5. The Hall–Kier alpha value is -5.07. The van der Waals surface area contributed by atoms with Crippen LogP contribution in [0.5, 0.6) is 0 Å². The van der Waals surface area contributed by atoms with Crippen molar-refractivity contribution in [3.05, 3.63) is 66.4 Å². The zero-order chi connectivity index (χ0) is 36.8. The number of esters is 1. The molecule has 0 saturated carbocycles. The van der Waals surface area contributed by atoms with Gasteiger partial charge in [0.25, 0.3) is 5.91 Å². The van der Waals surface area contributed by atoms with Gasteiger partial charge in [0.05, 0.1) is 12.3 Å². The summed E-state index contributed by atoms with van der Waals surface area (Å²) in [5.74, 6) is -3.47. The summed E-state index contributed by atoms with van der Waals surface area (Å²) in [7, 11) is 0. The van der Waals surface area contributed by atoms with E-state index in [9.17, 15) is 28.8 Å². The second-order valence-electron chi connectivity index (χ2n) is 13.1. The van der Waals surface area contributed by atoms with E-state index in [1.807, 2.05) is 32.0 Å². The minimum atomic E-state index is -1.01. The largest absolute Gasteiger partial charge is 0.463 e. The normalized spacial score (nSPS) is 16.6. The minimum absolute atomic E-state index is 0.0144. The van der Waals surface area contributed by atoms with Crippen LogP contribution in [0.15, 0.2) is 60.8 Å². The summed E-state index contributed by atoms with van der Waals surface area (Å²) < 4.78 is 4.97. The predicted molar refractivity (Wildman–Crippen MR) is 188 cm³/mol. The van der Waals surface area contributed by atoms with Crippen molar-refractivity contribution in [2.75, 3.05) is 13.2 Å². The van der Waals surface area contributed by atoms with Gasteiger partial charge >= 0.3 is 5.97 Å². The van der Waals surface area contributed by atoms with Gasteiger partial charge in [-0.05, 0) is 69.2 Å². The molecule has 5 N–H and O–H groups in total. The van der Waals surface area contributed by atoms with Crippen molar-refractivity contribution >= 4 is 35.5 Å². The van der Waals surface area contributed by atoms with E-state index >= 15 is 0 Å². The molecule has 1 unspecified atom stereocenters. The SMILES string of the molecule is CCOC(=O)/C=C/C(C[C@@H]1CCNC1=O)NC(=O)[C@H](CC(C)C)NC(=O)[C@@H](NC(=O)[C@H](C)NC(=O)c1ccc(-c2ccccn2)cc1)C(C)C. The van der Waals surface area contributed by atoms with Gasteiger partial charge in [-0.15, -0.1) is 0 Å². The molecule has 50 heavy (non-hydrogen) atoms. The predicted octanol–water partition coefficient (Wildman–Crippen LogP) is 2.67. The maximum Gasteiger partial charge on any atom is 0.330 e. The Morgan fingerprint density at radius 1 is 0.920 bits per heavy atom. The molecule has 2 heterocycles. The van der Waals surface area contributed by atoms with Gasteiger partial charge in [0, 0.05) is 41.9 Å². The average Bonchev–Trinajstić information content (AvgIpc) is 3.49. The first-order valence-electron chi connectivity index (χ1n) is 17.1. The first-order chi connectivity index (χ1) is 23.8. The van der Waals surface area contributed by atoms with E-state index in [2.05, 4.69) is 31.6 Å². The molecule has 0 spiro atoms. The van der Waals surface area contributed by atoms with Crippen molar-refractivity contribution in [2.24, 2.45) is 17.8 Å². The summed E-state index contributed by atoms with van der Waals surface area (Å²) in [5.41, 5.74) is 1.96. The lowest BCUT2D eigenvalue weighted by molar-refractivity contribution is -0.137. The lowest BCUT2D eigenvalue weighted by Gasteiger charge is -2.28. The van der Waals surface area contributed by atoms with E-state index in [4.69, 9.17) is 4.74 Å². The number of pyridine rings is 1. The van der Waals surface area contributed by atoms with Crippen molar-refractivity contribution in [1.29, 1.82) is 0 Å². The van der Waals surface area contributed by atoms with Crippen LogP contribution in [-0.4, -0.2) is 77.8 Å². The highest BCUT2D eigenvalue weighted by atomic mass is 16.5. The van der Waals surface area contributed by atoms with Crippen LogP contribution >= 0.6 is 0 Å². The van der Waals surface area contributed by atoms with Crippen LogP contribution in [0.1, 0.15) is 71.2 Å². The number of hydrogen-bond acceptors (Lipinski definition) is 8.